The molecule has 2 rings (SSSR count). The first-order valence-electron chi connectivity index (χ1n) is 15.0. The second-order valence-electron chi connectivity index (χ2n) is 15.1. The minimum atomic E-state index is -1.90. The standard InChI is InChI=1S/C36H50O8/c1-33(2,3)23-35(7,8)31(39)43-27(29(37)41-21-25-17-13-11-14-18-25)28(30(38)42-22-26-19-15-12-16-20-26)44-32(40)36(9,10)24-34(4,5)6/h11-20,27-28H,21-24H2,1-10H3/t27-,28-/m1/s1. The van der Waals surface area contributed by atoms with Crippen molar-refractivity contribution < 1.29 is 38.1 Å². The number of carbonyl (C=O) groups excluding carboxylic acids is 4. The van der Waals surface area contributed by atoms with E-state index in [1.807, 2.05) is 53.7 Å². The molecule has 0 saturated heterocycles. The van der Waals surface area contributed by atoms with E-state index >= 15 is 0 Å². The van der Waals surface area contributed by atoms with E-state index in [1.165, 1.54) is 0 Å². The van der Waals surface area contributed by atoms with Gasteiger partial charge in [-0.15, -0.1) is 0 Å². The summed E-state index contributed by atoms with van der Waals surface area (Å²) in [5.41, 5.74) is -1.20. The van der Waals surface area contributed by atoms with Crippen LogP contribution >= 0.6 is 0 Å². The molecule has 242 valence electrons. The highest BCUT2D eigenvalue weighted by Crippen LogP contribution is 2.36. The highest BCUT2D eigenvalue weighted by atomic mass is 16.6. The molecule has 0 aromatic heterocycles. The van der Waals surface area contributed by atoms with Gasteiger partial charge >= 0.3 is 23.9 Å². The maximum absolute atomic E-state index is 13.6. The molecular formula is C36H50O8. The van der Waals surface area contributed by atoms with Crippen LogP contribution in [0.3, 0.4) is 0 Å². The zero-order chi connectivity index (χ0) is 33.3. The molecule has 0 N–H and O–H groups in total. The van der Waals surface area contributed by atoms with Crippen molar-refractivity contribution in [3.63, 3.8) is 0 Å². The number of ether oxygens (including phenoxy) is 4. The lowest BCUT2D eigenvalue weighted by Crippen LogP contribution is -2.50. The Bertz CT molecular complexity index is 1150. The molecular weight excluding hydrogens is 560 g/mol. The van der Waals surface area contributed by atoms with Gasteiger partial charge in [0.2, 0.25) is 12.2 Å². The first-order chi connectivity index (χ1) is 20.2. The number of hydrogen-bond donors (Lipinski definition) is 0. The van der Waals surface area contributed by atoms with Gasteiger partial charge in [-0.25, -0.2) is 9.59 Å². The fourth-order valence-electron chi connectivity index (χ4n) is 5.43. The largest absolute Gasteiger partial charge is 0.458 e. The normalized spacial score (nSPS) is 13.8. The fraction of sp³-hybridized carbons (Fsp3) is 0.556. The Labute approximate surface area is 262 Å². The smallest absolute Gasteiger partial charge is 0.352 e. The van der Waals surface area contributed by atoms with Crippen LogP contribution in [-0.4, -0.2) is 36.1 Å². The Kier molecular flexibility index (Phi) is 12.3. The molecule has 0 aliphatic heterocycles. The molecule has 0 aliphatic carbocycles. The topological polar surface area (TPSA) is 105 Å². The van der Waals surface area contributed by atoms with Crippen molar-refractivity contribution in [3.8, 4) is 0 Å². The van der Waals surface area contributed by atoms with Crippen LogP contribution in [0.5, 0.6) is 0 Å². The van der Waals surface area contributed by atoms with Crippen molar-refractivity contribution in [2.24, 2.45) is 21.7 Å². The van der Waals surface area contributed by atoms with Crippen LogP contribution in [0.2, 0.25) is 0 Å². The molecule has 0 aliphatic rings. The van der Waals surface area contributed by atoms with E-state index in [9.17, 15) is 19.2 Å². The molecule has 2 aromatic carbocycles. The average molecular weight is 611 g/mol. The fourth-order valence-corrected chi connectivity index (χ4v) is 5.43. The zero-order valence-corrected chi connectivity index (χ0v) is 28.0. The summed E-state index contributed by atoms with van der Waals surface area (Å²) in [6.07, 6.45) is -2.95. The van der Waals surface area contributed by atoms with Gasteiger partial charge in [0.1, 0.15) is 13.2 Å². The lowest BCUT2D eigenvalue weighted by Gasteiger charge is -2.34. The quantitative estimate of drug-likeness (QED) is 0.173. The van der Waals surface area contributed by atoms with Crippen molar-refractivity contribution in [2.75, 3.05) is 0 Å². The molecule has 0 bridgehead atoms. The molecule has 0 amide bonds. The third kappa shape index (κ3) is 12.1. The van der Waals surface area contributed by atoms with Crippen LogP contribution in [-0.2, 0) is 51.3 Å². The van der Waals surface area contributed by atoms with Crippen molar-refractivity contribution >= 4 is 23.9 Å². The van der Waals surface area contributed by atoms with E-state index in [4.69, 9.17) is 18.9 Å². The van der Waals surface area contributed by atoms with Gasteiger partial charge in [0, 0.05) is 0 Å². The Morgan fingerprint density at radius 3 is 1.09 bits per heavy atom. The van der Waals surface area contributed by atoms with Crippen molar-refractivity contribution in [3.05, 3.63) is 71.8 Å². The van der Waals surface area contributed by atoms with Crippen LogP contribution in [0.4, 0.5) is 0 Å². The number of benzene rings is 2. The third-order valence-electron chi connectivity index (χ3n) is 6.71. The van der Waals surface area contributed by atoms with Crippen LogP contribution in [0.25, 0.3) is 0 Å². The van der Waals surface area contributed by atoms with Gasteiger partial charge in [0.05, 0.1) is 10.8 Å². The van der Waals surface area contributed by atoms with E-state index < -0.39 is 46.9 Å². The second-order valence-corrected chi connectivity index (χ2v) is 15.1. The maximum atomic E-state index is 13.6. The maximum Gasteiger partial charge on any atom is 0.352 e. The predicted molar refractivity (Wildman–Crippen MR) is 168 cm³/mol. The molecule has 8 nitrogen and oxygen atoms in total. The minimum Gasteiger partial charge on any atom is -0.458 e. The first kappa shape index (κ1) is 36.5. The highest BCUT2D eigenvalue weighted by Gasteiger charge is 2.47. The van der Waals surface area contributed by atoms with Crippen molar-refractivity contribution in [2.45, 2.75) is 108 Å². The molecule has 0 radical (unpaired) electrons. The van der Waals surface area contributed by atoms with Crippen LogP contribution in [0.1, 0.15) is 93.2 Å². The lowest BCUT2D eigenvalue weighted by molar-refractivity contribution is -0.199. The van der Waals surface area contributed by atoms with Gasteiger partial charge in [-0.3, -0.25) is 9.59 Å². The Balaban J connectivity index is 2.49. The minimum absolute atomic E-state index is 0.144. The summed E-state index contributed by atoms with van der Waals surface area (Å²) in [4.78, 5) is 54.5. The van der Waals surface area contributed by atoms with Gasteiger partial charge in [-0.05, 0) is 62.5 Å². The Hall–Kier alpha value is -3.68. The molecule has 44 heavy (non-hydrogen) atoms. The number of hydrogen-bond acceptors (Lipinski definition) is 8. The molecule has 0 unspecified atom stereocenters. The van der Waals surface area contributed by atoms with Gasteiger partial charge < -0.3 is 18.9 Å². The summed E-state index contributed by atoms with van der Waals surface area (Å²) in [5.74, 6) is -3.53. The number of rotatable bonds is 13. The Morgan fingerprint density at radius 2 is 0.818 bits per heavy atom. The summed E-state index contributed by atoms with van der Waals surface area (Å²) in [7, 11) is 0. The van der Waals surface area contributed by atoms with Gasteiger partial charge in [-0.1, -0.05) is 102 Å². The average Bonchev–Trinajstić information content (AvgIpc) is 2.90. The van der Waals surface area contributed by atoms with E-state index in [2.05, 4.69) is 0 Å². The molecule has 0 spiro atoms. The van der Waals surface area contributed by atoms with Gasteiger partial charge in [-0.2, -0.15) is 0 Å². The Morgan fingerprint density at radius 1 is 0.523 bits per heavy atom. The molecule has 0 fully saturated rings. The van der Waals surface area contributed by atoms with Gasteiger partial charge in [0.15, 0.2) is 0 Å². The van der Waals surface area contributed by atoms with E-state index in [0.717, 1.165) is 0 Å². The molecule has 0 saturated carbocycles. The summed E-state index contributed by atoms with van der Waals surface area (Å²) >= 11 is 0. The second kappa shape index (κ2) is 14.9. The first-order valence-corrected chi connectivity index (χ1v) is 15.0. The summed E-state index contributed by atoms with van der Waals surface area (Å²) in [5, 5.41) is 0. The predicted octanol–water partition coefficient (Wildman–Crippen LogP) is 7.22. The van der Waals surface area contributed by atoms with E-state index in [0.29, 0.717) is 24.0 Å². The highest BCUT2D eigenvalue weighted by molar-refractivity contribution is 5.90. The third-order valence-corrected chi connectivity index (χ3v) is 6.71. The van der Waals surface area contributed by atoms with Crippen molar-refractivity contribution in [1.29, 1.82) is 0 Å². The van der Waals surface area contributed by atoms with Crippen molar-refractivity contribution in [1.82, 2.24) is 0 Å². The lowest BCUT2D eigenvalue weighted by atomic mass is 9.76. The molecule has 2 atom stereocenters. The van der Waals surface area contributed by atoms with Crippen LogP contribution < -0.4 is 0 Å². The summed E-state index contributed by atoms with van der Waals surface area (Å²) < 4.78 is 22.6. The molecule has 2 aromatic rings. The van der Waals surface area contributed by atoms with Crippen LogP contribution in [0.15, 0.2) is 60.7 Å². The van der Waals surface area contributed by atoms with E-state index in [1.54, 1.807) is 76.2 Å². The van der Waals surface area contributed by atoms with Crippen LogP contribution in [0, 0.1) is 21.7 Å². The SMILES string of the molecule is CC(C)(C)CC(C)(C)C(=O)O[C@@H](C(=O)OCc1ccccc1)[C@@H](OC(=O)C(C)(C)CC(C)(C)C)C(=O)OCc1ccccc1. The monoisotopic (exact) mass is 610 g/mol. The zero-order valence-electron chi connectivity index (χ0n) is 28.0. The van der Waals surface area contributed by atoms with E-state index in [-0.39, 0.29) is 24.0 Å². The summed E-state index contributed by atoms with van der Waals surface area (Å²) in [6.45, 7) is 18.4. The molecule has 8 heteroatoms. The van der Waals surface area contributed by atoms with Gasteiger partial charge in [0.25, 0.3) is 0 Å². The number of carbonyl (C=O) groups is 4. The molecule has 0 heterocycles. The number of esters is 4. The summed E-state index contributed by atoms with van der Waals surface area (Å²) in [6, 6.07) is 17.9.